The molecule has 0 spiro atoms. The van der Waals surface area contributed by atoms with E-state index in [1.165, 1.54) is 17.6 Å². The second kappa shape index (κ2) is 6.82. The van der Waals surface area contributed by atoms with Gasteiger partial charge in [0.05, 0.1) is 13.8 Å². The van der Waals surface area contributed by atoms with Crippen LogP contribution >= 0.6 is 11.3 Å². The van der Waals surface area contributed by atoms with Gasteiger partial charge in [-0.05, 0) is 37.8 Å². The fourth-order valence-corrected chi connectivity index (χ4v) is 2.81. The van der Waals surface area contributed by atoms with E-state index in [1.54, 1.807) is 22.3 Å². The van der Waals surface area contributed by atoms with Gasteiger partial charge in [0.1, 0.15) is 6.33 Å². The van der Waals surface area contributed by atoms with E-state index in [1.807, 2.05) is 0 Å². The van der Waals surface area contributed by atoms with Crippen molar-refractivity contribution in [1.82, 2.24) is 19.7 Å². The lowest BCUT2D eigenvalue weighted by atomic mass is 10.2. The molecule has 21 heavy (non-hydrogen) atoms. The number of hydrogen-bond donors (Lipinski definition) is 0. The van der Waals surface area contributed by atoms with Crippen molar-refractivity contribution in [3.8, 4) is 0 Å². The average molecular weight is 308 g/mol. The summed E-state index contributed by atoms with van der Waals surface area (Å²) in [7, 11) is 1.32. The maximum absolute atomic E-state index is 11.4. The highest BCUT2D eigenvalue weighted by Crippen LogP contribution is 2.19. The molecule has 0 fully saturated rings. The quantitative estimate of drug-likeness (QED) is 0.766. The summed E-state index contributed by atoms with van der Waals surface area (Å²) in [6.45, 7) is 7.84. The van der Waals surface area contributed by atoms with Gasteiger partial charge < -0.3 is 4.74 Å². The van der Waals surface area contributed by atoms with E-state index in [9.17, 15) is 4.79 Å². The van der Waals surface area contributed by atoms with E-state index < -0.39 is 5.97 Å². The maximum atomic E-state index is 11.4. The Labute approximate surface area is 128 Å². The van der Waals surface area contributed by atoms with Crippen LogP contribution in [0.3, 0.4) is 0 Å². The zero-order chi connectivity index (χ0) is 15.4. The Morgan fingerprint density at radius 1 is 1.52 bits per heavy atom. The molecule has 7 heteroatoms. The third kappa shape index (κ3) is 3.89. The molecule has 0 aliphatic rings. The zero-order valence-electron chi connectivity index (χ0n) is 12.7. The van der Waals surface area contributed by atoms with Crippen molar-refractivity contribution < 1.29 is 9.53 Å². The molecule has 0 bridgehead atoms. The monoisotopic (exact) mass is 308 g/mol. The van der Waals surface area contributed by atoms with E-state index in [4.69, 9.17) is 0 Å². The molecular weight excluding hydrogens is 288 g/mol. The standard InChI is InChI=1S/C14H20N4O2S/c1-10(2)17(7-12-11(3)5-6-21-12)9-18-8-15-13(16-18)14(19)20-4/h5-6,8,10H,7,9H2,1-4H3. The molecule has 0 atom stereocenters. The molecule has 0 unspecified atom stereocenters. The topological polar surface area (TPSA) is 60.2 Å². The van der Waals surface area contributed by atoms with E-state index >= 15 is 0 Å². The number of carbonyl (C=O) groups excluding carboxylic acids is 1. The SMILES string of the molecule is COC(=O)c1ncn(CN(Cc2sccc2C)C(C)C)n1. The highest BCUT2D eigenvalue weighted by Gasteiger charge is 2.16. The number of aryl methyl sites for hydroxylation is 1. The van der Waals surface area contributed by atoms with Crippen LogP contribution in [0.1, 0.15) is 34.9 Å². The van der Waals surface area contributed by atoms with Gasteiger partial charge >= 0.3 is 5.97 Å². The molecule has 0 aliphatic carbocycles. The molecule has 0 N–H and O–H groups in total. The van der Waals surface area contributed by atoms with E-state index in [0.717, 1.165) is 6.54 Å². The Morgan fingerprint density at radius 3 is 2.86 bits per heavy atom. The summed E-state index contributed by atoms with van der Waals surface area (Å²) in [5, 5.41) is 6.25. The number of methoxy groups -OCH3 is 1. The first-order chi connectivity index (χ1) is 10.0. The van der Waals surface area contributed by atoms with Crippen LogP contribution in [0.25, 0.3) is 0 Å². The first-order valence-electron chi connectivity index (χ1n) is 6.76. The Hall–Kier alpha value is -1.73. The maximum Gasteiger partial charge on any atom is 0.377 e. The highest BCUT2D eigenvalue weighted by molar-refractivity contribution is 7.10. The third-order valence-corrected chi connectivity index (χ3v) is 4.28. The van der Waals surface area contributed by atoms with Gasteiger partial charge in [0.25, 0.3) is 5.82 Å². The molecule has 6 nitrogen and oxygen atoms in total. The lowest BCUT2D eigenvalue weighted by Crippen LogP contribution is -2.32. The fraction of sp³-hybridized carbons (Fsp3) is 0.500. The molecule has 0 aliphatic heterocycles. The Balaban J connectivity index is 2.08. The predicted molar refractivity (Wildman–Crippen MR) is 81.1 cm³/mol. The van der Waals surface area contributed by atoms with Crippen LogP contribution in [0, 0.1) is 6.92 Å². The van der Waals surface area contributed by atoms with Crippen LogP contribution in [0.2, 0.25) is 0 Å². The number of ether oxygens (including phenoxy) is 1. The number of rotatable bonds is 6. The molecule has 0 radical (unpaired) electrons. The van der Waals surface area contributed by atoms with Crippen molar-refractivity contribution >= 4 is 17.3 Å². The second-order valence-electron chi connectivity index (χ2n) is 5.11. The Kier molecular flexibility index (Phi) is 5.08. The molecule has 2 aromatic heterocycles. The molecule has 114 valence electrons. The zero-order valence-corrected chi connectivity index (χ0v) is 13.6. The summed E-state index contributed by atoms with van der Waals surface area (Å²) < 4.78 is 6.28. The van der Waals surface area contributed by atoms with Crippen molar-refractivity contribution in [2.45, 2.75) is 40.0 Å². The summed E-state index contributed by atoms with van der Waals surface area (Å²) in [6, 6.07) is 2.49. The van der Waals surface area contributed by atoms with Crippen molar-refractivity contribution in [2.75, 3.05) is 7.11 Å². The Bertz CT molecular complexity index is 606. The molecule has 0 aromatic carbocycles. The van der Waals surface area contributed by atoms with Crippen LogP contribution in [0.15, 0.2) is 17.8 Å². The average Bonchev–Trinajstić information content (AvgIpc) is 3.07. The highest BCUT2D eigenvalue weighted by atomic mass is 32.1. The van der Waals surface area contributed by atoms with Crippen molar-refractivity contribution in [1.29, 1.82) is 0 Å². The van der Waals surface area contributed by atoms with Gasteiger partial charge in [0, 0.05) is 17.5 Å². The molecular formula is C14H20N4O2S. The van der Waals surface area contributed by atoms with Crippen LogP contribution < -0.4 is 0 Å². The number of aromatic nitrogens is 3. The minimum atomic E-state index is -0.515. The summed E-state index contributed by atoms with van der Waals surface area (Å²) >= 11 is 1.76. The van der Waals surface area contributed by atoms with Gasteiger partial charge in [-0.3, -0.25) is 4.90 Å². The fourth-order valence-electron chi connectivity index (χ4n) is 1.88. The van der Waals surface area contributed by atoms with Gasteiger partial charge in [-0.2, -0.15) is 0 Å². The van der Waals surface area contributed by atoms with Gasteiger partial charge in [0.15, 0.2) is 0 Å². The smallest absolute Gasteiger partial charge is 0.377 e. The van der Waals surface area contributed by atoms with Gasteiger partial charge in [-0.15, -0.1) is 16.4 Å². The lowest BCUT2D eigenvalue weighted by molar-refractivity contribution is 0.0585. The normalized spacial score (nSPS) is 11.3. The molecule has 0 amide bonds. The summed E-state index contributed by atoms with van der Waals surface area (Å²) in [5.41, 5.74) is 1.31. The van der Waals surface area contributed by atoms with E-state index in [-0.39, 0.29) is 5.82 Å². The first-order valence-corrected chi connectivity index (χ1v) is 7.64. The predicted octanol–water partition coefficient (Wildman–Crippen LogP) is 2.30. The summed E-state index contributed by atoms with van der Waals surface area (Å²) in [5.74, 6) is -0.424. The number of hydrogen-bond acceptors (Lipinski definition) is 6. The summed E-state index contributed by atoms with van der Waals surface area (Å²) in [4.78, 5) is 19.0. The number of thiophene rings is 1. The van der Waals surface area contributed by atoms with Gasteiger partial charge in [-0.1, -0.05) is 0 Å². The van der Waals surface area contributed by atoms with Crippen LogP contribution in [0.4, 0.5) is 0 Å². The van der Waals surface area contributed by atoms with E-state index in [0.29, 0.717) is 12.7 Å². The molecule has 2 rings (SSSR count). The third-order valence-electron chi connectivity index (χ3n) is 3.28. The molecule has 0 saturated heterocycles. The van der Waals surface area contributed by atoms with E-state index in [2.05, 4.69) is 51.9 Å². The molecule has 0 saturated carbocycles. The number of esters is 1. The number of nitrogens with zero attached hydrogens (tertiary/aromatic N) is 4. The molecule has 2 heterocycles. The van der Waals surface area contributed by atoms with Crippen LogP contribution in [-0.2, 0) is 18.0 Å². The van der Waals surface area contributed by atoms with Crippen molar-refractivity contribution in [3.05, 3.63) is 34.0 Å². The number of carbonyl (C=O) groups is 1. The minimum Gasteiger partial charge on any atom is -0.463 e. The Morgan fingerprint density at radius 2 is 2.29 bits per heavy atom. The summed E-state index contributed by atoms with van der Waals surface area (Å²) in [6.07, 6.45) is 1.56. The second-order valence-corrected chi connectivity index (χ2v) is 6.11. The van der Waals surface area contributed by atoms with Crippen LogP contribution in [-0.4, -0.2) is 38.8 Å². The lowest BCUT2D eigenvalue weighted by Gasteiger charge is -2.25. The van der Waals surface area contributed by atoms with Crippen LogP contribution in [0.5, 0.6) is 0 Å². The van der Waals surface area contributed by atoms with Crippen molar-refractivity contribution in [2.24, 2.45) is 0 Å². The first kappa shape index (κ1) is 15.7. The van der Waals surface area contributed by atoms with Gasteiger partial charge in [0.2, 0.25) is 0 Å². The van der Waals surface area contributed by atoms with Crippen molar-refractivity contribution in [3.63, 3.8) is 0 Å². The molecule has 2 aromatic rings. The largest absolute Gasteiger partial charge is 0.463 e. The minimum absolute atomic E-state index is 0.0912. The van der Waals surface area contributed by atoms with Gasteiger partial charge in [-0.25, -0.2) is 14.5 Å².